The molecule has 0 fully saturated rings. The van der Waals surface area contributed by atoms with Crippen LogP contribution in [0.3, 0.4) is 0 Å². The summed E-state index contributed by atoms with van der Waals surface area (Å²) in [6, 6.07) is 0. The van der Waals surface area contributed by atoms with Gasteiger partial charge in [-0.25, -0.2) is 0 Å². The molecule has 0 spiro atoms. The topological polar surface area (TPSA) is 72.5 Å². The molecular weight excluding hydrogens is 431 g/mol. The van der Waals surface area contributed by atoms with Gasteiger partial charge >= 0.3 is 15.6 Å². The Morgan fingerprint density at radius 2 is 1.52 bits per heavy atom. The van der Waals surface area contributed by atoms with Crippen LogP contribution in [-0.4, -0.2) is 32.5 Å². The lowest BCUT2D eigenvalue weighted by Gasteiger charge is -2.22. The molecular formula is C22H28F3NO4S. The van der Waals surface area contributed by atoms with Gasteiger partial charge in [0.15, 0.2) is 0 Å². The van der Waals surface area contributed by atoms with Crippen LogP contribution < -0.4 is 5.32 Å². The van der Waals surface area contributed by atoms with Crippen LogP contribution in [0.25, 0.3) is 0 Å². The van der Waals surface area contributed by atoms with Crippen LogP contribution in [-0.2, 0) is 19.1 Å². The van der Waals surface area contributed by atoms with Crippen LogP contribution in [0, 0.1) is 11.8 Å². The quantitative estimate of drug-likeness (QED) is 0.478. The fourth-order valence-electron chi connectivity index (χ4n) is 2.44. The van der Waals surface area contributed by atoms with Gasteiger partial charge in [-0.2, -0.15) is 21.6 Å². The van der Waals surface area contributed by atoms with Gasteiger partial charge in [-0.15, -0.1) is 0 Å². The molecule has 1 aliphatic heterocycles. The van der Waals surface area contributed by atoms with Gasteiger partial charge < -0.3 is 5.32 Å². The van der Waals surface area contributed by atoms with Crippen molar-refractivity contribution in [3.63, 3.8) is 0 Å². The predicted molar refractivity (Wildman–Crippen MR) is 115 cm³/mol. The zero-order valence-corrected chi connectivity index (χ0v) is 18.3. The first-order valence-corrected chi connectivity index (χ1v) is 11.2. The lowest BCUT2D eigenvalue weighted by atomic mass is 9.98. The van der Waals surface area contributed by atoms with Gasteiger partial charge in [0, 0.05) is 12.6 Å². The molecule has 1 heterocycles. The van der Waals surface area contributed by atoms with E-state index >= 15 is 0 Å². The highest BCUT2D eigenvalue weighted by Gasteiger charge is 2.48. The molecule has 1 aliphatic rings. The molecule has 0 aliphatic carbocycles. The maximum Gasteiger partial charge on any atom is 0.523 e. The van der Waals surface area contributed by atoms with E-state index in [1.165, 1.54) is 18.2 Å². The summed E-state index contributed by atoms with van der Waals surface area (Å²) in [6.45, 7) is 4.08. The molecule has 3 unspecified atom stereocenters. The Kier molecular flexibility index (Phi) is 11.3. The van der Waals surface area contributed by atoms with Crippen LogP contribution in [0.2, 0.25) is 0 Å². The second kappa shape index (κ2) is 13.1. The Morgan fingerprint density at radius 3 is 2.16 bits per heavy atom. The Balaban J connectivity index is 3.01. The molecule has 0 radical (unpaired) electrons. The molecule has 1 rings (SSSR count). The molecule has 31 heavy (non-hydrogen) atoms. The zero-order chi connectivity index (χ0) is 23.3. The van der Waals surface area contributed by atoms with E-state index in [9.17, 15) is 26.4 Å². The maximum absolute atomic E-state index is 12.7. The van der Waals surface area contributed by atoms with Crippen molar-refractivity contribution in [2.75, 3.05) is 6.54 Å². The minimum absolute atomic E-state index is 0.0324. The second-order valence-electron chi connectivity index (χ2n) is 7.08. The number of rotatable bonds is 2. The largest absolute Gasteiger partial charge is 0.523 e. The smallest absolute Gasteiger partial charge is 0.352 e. The van der Waals surface area contributed by atoms with E-state index in [1.807, 2.05) is 19.1 Å². The molecule has 0 saturated heterocycles. The minimum Gasteiger partial charge on any atom is -0.352 e. The highest BCUT2D eigenvalue weighted by atomic mass is 32.2. The van der Waals surface area contributed by atoms with Crippen molar-refractivity contribution in [3.05, 3.63) is 72.9 Å². The first-order chi connectivity index (χ1) is 14.5. The van der Waals surface area contributed by atoms with E-state index in [1.54, 1.807) is 49.5 Å². The van der Waals surface area contributed by atoms with Gasteiger partial charge in [-0.1, -0.05) is 80.7 Å². The molecule has 0 saturated carbocycles. The first-order valence-electron chi connectivity index (χ1n) is 9.80. The van der Waals surface area contributed by atoms with Crippen LogP contribution >= 0.6 is 0 Å². The highest BCUT2D eigenvalue weighted by molar-refractivity contribution is 7.87. The number of halogens is 3. The van der Waals surface area contributed by atoms with Crippen LogP contribution in [0.1, 0.15) is 26.7 Å². The van der Waals surface area contributed by atoms with Gasteiger partial charge in [0.1, 0.15) is 0 Å². The van der Waals surface area contributed by atoms with Crippen molar-refractivity contribution in [2.24, 2.45) is 11.8 Å². The number of nitrogens with one attached hydrogen (secondary N) is 1. The second-order valence-corrected chi connectivity index (χ2v) is 8.64. The average molecular weight is 460 g/mol. The SMILES string of the molecule is CC1C=CC=CC=CCC(C)C(OS(=O)(=O)C(F)(F)F)CC=CC=CC=CC(=O)NC1. The summed E-state index contributed by atoms with van der Waals surface area (Å²) in [6.07, 6.45) is 19.0. The Bertz CT molecular complexity index is 852. The molecule has 172 valence electrons. The van der Waals surface area contributed by atoms with Crippen molar-refractivity contribution < 1.29 is 30.6 Å². The van der Waals surface area contributed by atoms with Gasteiger partial charge in [0.05, 0.1) is 6.10 Å². The average Bonchev–Trinajstić information content (AvgIpc) is 2.68. The van der Waals surface area contributed by atoms with Crippen LogP contribution in [0.15, 0.2) is 72.9 Å². The summed E-state index contributed by atoms with van der Waals surface area (Å²) in [5.74, 6) is -0.606. The van der Waals surface area contributed by atoms with E-state index in [0.717, 1.165) is 0 Å². The number of hydrogen-bond donors (Lipinski definition) is 1. The monoisotopic (exact) mass is 459 g/mol. The van der Waals surface area contributed by atoms with E-state index in [0.29, 0.717) is 13.0 Å². The summed E-state index contributed by atoms with van der Waals surface area (Å²) in [4.78, 5) is 11.7. The molecule has 9 heteroatoms. The van der Waals surface area contributed by atoms with E-state index in [2.05, 4.69) is 9.50 Å². The summed E-state index contributed by atoms with van der Waals surface area (Å²) < 4.78 is 65.6. The number of carbonyl (C=O) groups is 1. The van der Waals surface area contributed by atoms with Crippen molar-refractivity contribution in [1.82, 2.24) is 5.32 Å². The minimum atomic E-state index is -5.70. The van der Waals surface area contributed by atoms with E-state index in [4.69, 9.17) is 0 Å². The zero-order valence-electron chi connectivity index (χ0n) is 17.5. The summed E-state index contributed by atoms with van der Waals surface area (Å²) in [7, 11) is -5.70. The summed E-state index contributed by atoms with van der Waals surface area (Å²) in [5, 5.41) is 2.77. The lowest BCUT2D eigenvalue weighted by Crippen LogP contribution is -2.32. The number of hydrogen-bond acceptors (Lipinski definition) is 4. The van der Waals surface area contributed by atoms with Crippen LogP contribution in [0.5, 0.6) is 0 Å². The standard InChI is InChI=1S/C22H28F3NO4S/c1-18-13-9-5-3-6-10-14-19(2)20(30-31(28,29)22(23,24)25)15-11-7-4-8-12-16-21(27)26-17-18/h3-13,16,18-20H,14-15,17H2,1-2H3,(H,26,27). The third-order valence-corrected chi connectivity index (χ3v) is 5.34. The van der Waals surface area contributed by atoms with Gasteiger partial charge in [0.2, 0.25) is 5.91 Å². The molecule has 0 aromatic heterocycles. The molecule has 3 atom stereocenters. The van der Waals surface area contributed by atoms with Crippen LogP contribution in [0.4, 0.5) is 13.2 Å². The molecule has 0 bridgehead atoms. The Labute approximate surface area is 181 Å². The lowest BCUT2D eigenvalue weighted by molar-refractivity contribution is -0.116. The fraction of sp³-hybridized carbons (Fsp3) is 0.409. The van der Waals surface area contributed by atoms with E-state index in [-0.39, 0.29) is 18.2 Å². The highest BCUT2D eigenvalue weighted by Crippen LogP contribution is 2.29. The van der Waals surface area contributed by atoms with Crippen molar-refractivity contribution >= 4 is 16.0 Å². The predicted octanol–water partition coefficient (Wildman–Crippen LogP) is 4.74. The third-order valence-electron chi connectivity index (χ3n) is 4.27. The fourth-order valence-corrected chi connectivity index (χ4v) is 3.14. The molecule has 1 N–H and O–H groups in total. The Morgan fingerprint density at radius 1 is 0.935 bits per heavy atom. The van der Waals surface area contributed by atoms with Crippen molar-refractivity contribution in [3.8, 4) is 0 Å². The molecule has 1 amide bonds. The third kappa shape index (κ3) is 11.0. The van der Waals surface area contributed by atoms with Gasteiger partial charge in [-0.3, -0.25) is 8.98 Å². The summed E-state index contributed by atoms with van der Waals surface area (Å²) >= 11 is 0. The summed E-state index contributed by atoms with van der Waals surface area (Å²) in [5.41, 5.74) is -5.48. The molecule has 0 aromatic carbocycles. The Hall–Kier alpha value is -2.39. The first kappa shape index (κ1) is 26.6. The van der Waals surface area contributed by atoms with Gasteiger partial charge in [-0.05, 0) is 24.7 Å². The molecule has 5 nitrogen and oxygen atoms in total. The number of carbonyl (C=O) groups excluding carboxylic acids is 1. The number of amides is 1. The van der Waals surface area contributed by atoms with E-state index < -0.39 is 27.6 Å². The van der Waals surface area contributed by atoms with Crippen molar-refractivity contribution in [2.45, 2.75) is 38.3 Å². The van der Waals surface area contributed by atoms with Crippen molar-refractivity contribution in [1.29, 1.82) is 0 Å². The molecule has 0 aromatic rings. The number of alkyl halides is 3. The maximum atomic E-state index is 12.7. The number of allylic oxidation sites excluding steroid dienone is 9. The normalized spacial score (nSPS) is 24.8. The van der Waals surface area contributed by atoms with Gasteiger partial charge in [0.25, 0.3) is 0 Å².